The van der Waals surface area contributed by atoms with Gasteiger partial charge in [-0.25, -0.2) is 4.98 Å². The number of carbonyl (C=O) groups excluding carboxylic acids is 1. The Morgan fingerprint density at radius 1 is 1.22 bits per heavy atom. The number of likely N-dealkylation sites (tertiary alicyclic amines) is 1. The number of nitrogens with zero attached hydrogens (tertiary/aromatic N) is 2. The van der Waals surface area contributed by atoms with Crippen LogP contribution in [0.3, 0.4) is 0 Å². The van der Waals surface area contributed by atoms with Crippen LogP contribution in [0.25, 0.3) is 0 Å². The highest BCUT2D eigenvalue weighted by Crippen LogP contribution is 2.50. The topological polar surface area (TPSA) is 33.2 Å². The van der Waals surface area contributed by atoms with E-state index in [0.717, 1.165) is 44.5 Å². The van der Waals surface area contributed by atoms with Crippen molar-refractivity contribution in [3.05, 3.63) is 52.0 Å². The number of aromatic nitrogens is 1. The minimum Gasteiger partial charge on any atom is -0.342 e. The maximum atomic E-state index is 13.0. The third kappa shape index (κ3) is 2.69. The third-order valence-corrected chi connectivity index (χ3v) is 6.38. The number of carbonyl (C=O) groups is 1. The molecule has 0 bridgehead atoms. The Morgan fingerprint density at radius 3 is 2.48 bits per heavy atom. The molecule has 0 N–H and O–H groups in total. The van der Waals surface area contributed by atoms with E-state index in [-0.39, 0.29) is 5.41 Å². The summed E-state index contributed by atoms with van der Waals surface area (Å²) >= 11 is 1.77. The van der Waals surface area contributed by atoms with Gasteiger partial charge in [0.25, 0.3) is 0 Å². The van der Waals surface area contributed by atoms with Crippen molar-refractivity contribution in [2.24, 2.45) is 0 Å². The van der Waals surface area contributed by atoms with Gasteiger partial charge in [-0.1, -0.05) is 30.3 Å². The largest absolute Gasteiger partial charge is 0.342 e. The van der Waals surface area contributed by atoms with Gasteiger partial charge in [0.1, 0.15) is 0 Å². The number of amides is 1. The van der Waals surface area contributed by atoms with Crippen LogP contribution >= 0.6 is 11.3 Å². The minimum atomic E-state index is -0.216. The molecule has 0 spiro atoms. The van der Waals surface area contributed by atoms with E-state index >= 15 is 0 Å². The molecule has 3 nitrogen and oxygen atoms in total. The molecule has 1 aromatic heterocycles. The van der Waals surface area contributed by atoms with Crippen molar-refractivity contribution in [1.29, 1.82) is 0 Å². The molecule has 23 heavy (non-hydrogen) atoms. The van der Waals surface area contributed by atoms with E-state index in [1.54, 1.807) is 11.3 Å². The first kappa shape index (κ1) is 14.9. The average molecular weight is 326 g/mol. The molecular formula is C19H22N2OS. The van der Waals surface area contributed by atoms with Gasteiger partial charge in [-0.3, -0.25) is 4.79 Å². The number of piperidine rings is 1. The molecule has 2 aromatic rings. The van der Waals surface area contributed by atoms with E-state index in [4.69, 9.17) is 0 Å². The lowest BCUT2D eigenvalue weighted by atomic mass is 9.91. The van der Waals surface area contributed by atoms with Crippen LogP contribution in [0.2, 0.25) is 0 Å². The monoisotopic (exact) mass is 326 g/mol. The van der Waals surface area contributed by atoms with Crippen LogP contribution in [0.5, 0.6) is 0 Å². The molecule has 0 radical (unpaired) electrons. The zero-order valence-electron chi connectivity index (χ0n) is 13.5. The molecule has 120 valence electrons. The molecule has 1 saturated heterocycles. The maximum Gasteiger partial charge on any atom is 0.233 e. The first-order valence-electron chi connectivity index (χ1n) is 8.46. The van der Waals surface area contributed by atoms with Gasteiger partial charge in [0.05, 0.1) is 10.4 Å². The smallest absolute Gasteiger partial charge is 0.233 e. The van der Waals surface area contributed by atoms with E-state index < -0.39 is 0 Å². The van der Waals surface area contributed by atoms with E-state index in [2.05, 4.69) is 34.3 Å². The maximum absolute atomic E-state index is 13.0. The first-order chi connectivity index (χ1) is 11.2. The summed E-state index contributed by atoms with van der Waals surface area (Å²) in [6, 6.07) is 10.3. The van der Waals surface area contributed by atoms with Gasteiger partial charge in [-0.2, -0.15) is 0 Å². The SMILES string of the molecule is Cc1csc(C2CCN(C(=O)C3(c4ccccc4)CC3)CC2)n1. The van der Waals surface area contributed by atoms with Crippen LogP contribution in [-0.2, 0) is 10.2 Å². The highest BCUT2D eigenvalue weighted by atomic mass is 32.1. The predicted octanol–water partition coefficient (Wildman–Crippen LogP) is 3.89. The molecule has 2 aliphatic rings. The fourth-order valence-electron chi connectivity index (χ4n) is 3.70. The molecular weight excluding hydrogens is 304 g/mol. The molecule has 4 rings (SSSR count). The molecule has 0 unspecified atom stereocenters. The Labute approximate surface area is 141 Å². The fraction of sp³-hybridized carbons (Fsp3) is 0.474. The van der Waals surface area contributed by atoms with E-state index in [1.807, 2.05) is 18.2 Å². The summed E-state index contributed by atoms with van der Waals surface area (Å²) in [5.41, 5.74) is 2.10. The van der Waals surface area contributed by atoms with Crippen molar-refractivity contribution in [3.63, 3.8) is 0 Å². The van der Waals surface area contributed by atoms with Crippen molar-refractivity contribution in [2.45, 2.75) is 43.9 Å². The van der Waals surface area contributed by atoms with Gasteiger partial charge >= 0.3 is 0 Å². The minimum absolute atomic E-state index is 0.216. The second-order valence-electron chi connectivity index (χ2n) is 6.84. The Morgan fingerprint density at radius 2 is 1.91 bits per heavy atom. The summed E-state index contributed by atoms with van der Waals surface area (Å²) in [5, 5.41) is 3.38. The molecule has 4 heteroatoms. The van der Waals surface area contributed by atoms with Crippen LogP contribution in [0.15, 0.2) is 35.7 Å². The Balaban J connectivity index is 1.43. The summed E-state index contributed by atoms with van der Waals surface area (Å²) in [5.74, 6) is 0.877. The first-order valence-corrected chi connectivity index (χ1v) is 9.34. The normalized spacial score (nSPS) is 20.5. The zero-order chi connectivity index (χ0) is 15.9. The quantitative estimate of drug-likeness (QED) is 0.857. The van der Waals surface area contributed by atoms with Gasteiger partial charge in [0, 0.05) is 30.1 Å². The summed E-state index contributed by atoms with van der Waals surface area (Å²) < 4.78 is 0. The number of hydrogen-bond acceptors (Lipinski definition) is 3. The van der Waals surface area contributed by atoms with Crippen LogP contribution in [0.1, 0.15) is 47.9 Å². The number of hydrogen-bond donors (Lipinski definition) is 0. The molecule has 1 saturated carbocycles. The Hall–Kier alpha value is -1.68. The summed E-state index contributed by atoms with van der Waals surface area (Å²) in [4.78, 5) is 19.8. The van der Waals surface area contributed by atoms with Crippen LogP contribution < -0.4 is 0 Å². The second-order valence-corrected chi connectivity index (χ2v) is 7.73. The number of benzene rings is 1. The third-order valence-electron chi connectivity index (χ3n) is 5.25. The van der Waals surface area contributed by atoms with Crippen molar-refractivity contribution in [2.75, 3.05) is 13.1 Å². The standard InChI is InChI=1S/C19H22N2OS/c1-14-13-23-17(20-14)15-7-11-21(12-8-15)18(22)19(9-10-19)16-5-3-2-4-6-16/h2-6,13,15H,7-12H2,1H3. The van der Waals surface area contributed by atoms with E-state index in [0.29, 0.717) is 11.8 Å². The van der Waals surface area contributed by atoms with Crippen LogP contribution in [0.4, 0.5) is 0 Å². The van der Waals surface area contributed by atoms with E-state index in [1.165, 1.54) is 10.6 Å². The lowest BCUT2D eigenvalue weighted by Gasteiger charge is -2.34. The molecule has 1 aromatic carbocycles. The van der Waals surface area contributed by atoms with Crippen LogP contribution in [-0.4, -0.2) is 28.9 Å². The number of rotatable bonds is 3. The van der Waals surface area contributed by atoms with Gasteiger partial charge in [-0.15, -0.1) is 11.3 Å². The van der Waals surface area contributed by atoms with Gasteiger partial charge < -0.3 is 4.90 Å². The summed E-state index contributed by atoms with van der Waals surface area (Å²) in [6.07, 6.45) is 4.09. The molecule has 1 aliphatic carbocycles. The fourth-order valence-corrected chi connectivity index (χ4v) is 4.67. The van der Waals surface area contributed by atoms with Crippen LogP contribution in [0, 0.1) is 6.92 Å². The Bertz CT molecular complexity index is 697. The zero-order valence-corrected chi connectivity index (χ0v) is 14.3. The summed E-state index contributed by atoms with van der Waals surface area (Å²) in [7, 11) is 0. The number of aryl methyl sites for hydroxylation is 1. The molecule has 0 atom stereocenters. The highest BCUT2D eigenvalue weighted by Gasteiger charge is 2.53. The average Bonchev–Trinajstić information content (AvgIpc) is 3.31. The van der Waals surface area contributed by atoms with Gasteiger partial charge in [0.2, 0.25) is 5.91 Å². The molecule has 2 fully saturated rings. The van der Waals surface area contributed by atoms with Gasteiger partial charge in [-0.05, 0) is 38.2 Å². The summed E-state index contributed by atoms with van der Waals surface area (Å²) in [6.45, 7) is 3.79. The van der Waals surface area contributed by atoms with E-state index in [9.17, 15) is 4.79 Å². The molecule has 1 amide bonds. The molecule has 1 aliphatic heterocycles. The van der Waals surface area contributed by atoms with Crippen molar-refractivity contribution in [1.82, 2.24) is 9.88 Å². The van der Waals surface area contributed by atoms with Crippen molar-refractivity contribution < 1.29 is 4.79 Å². The number of thiazole rings is 1. The second kappa shape index (κ2) is 5.75. The lowest BCUT2D eigenvalue weighted by molar-refractivity contribution is -0.135. The highest BCUT2D eigenvalue weighted by molar-refractivity contribution is 7.09. The van der Waals surface area contributed by atoms with Crippen molar-refractivity contribution >= 4 is 17.2 Å². The lowest BCUT2D eigenvalue weighted by Crippen LogP contribution is -2.43. The predicted molar refractivity (Wildman–Crippen MR) is 92.8 cm³/mol. The Kier molecular flexibility index (Phi) is 3.72. The van der Waals surface area contributed by atoms with Gasteiger partial charge in [0.15, 0.2) is 0 Å². The molecule has 2 heterocycles. The van der Waals surface area contributed by atoms with Crippen molar-refractivity contribution in [3.8, 4) is 0 Å².